The van der Waals surface area contributed by atoms with E-state index in [1.54, 1.807) is 0 Å². The zero-order chi connectivity index (χ0) is 21.9. The molecule has 2 aromatic heterocycles. The maximum Gasteiger partial charge on any atom is 0.159 e. The molecular weight excluding hydrogens is 470 g/mol. The van der Waals surface area contributed by atoms with Crippen LogP contribution in [0, 0.1) is 0 Å². The summed E-state index contributed by atoms with van der Waals surface area (Å²) in [7, 11) is 0. The highest BCUT2D eigenvalue weighted by Gasteiger charge is 2.17. The molecule has 0 N–H and O–H groups in total. The molecule has 0 atom stereocenters. The van der Waals surface area contributed by atoms with Crippen molar-refractivity contribution in [3.8, 4) is 16.8 Å². The van der Waals surface area contributed by atoms with E-state index in [1.165, 1.54) is 32.9 Å². The number of para-hydroxylation sites is 3. The minimum Gasteiger partial charge on any atom is -0.454 e. The Hall–Kier alpha value is -3.82. The largest absolute Gasteiger partial charge is 0.454 e. The van der Waals surface area contributed by atoms with Gasteiger partial charge in [-0.3, -0.25) is 0 Å². The summed E-state index contributed by atoms with van der Waals surface area (Å²) < 4.78 is 9.83. The van der Waals surface area contributed by atoms with Crippen molar-refractivity contribution in [2.75, 3.05) is 0 Å². The second-order valence-corrected chi connectivity index (χ2v) is 9.26. The fourth-order valence-electron chi connectivity index (χ4n) is 4.99. The summed E-state index contributed by atoms with van der Waals surface area (Å²) in [5.74, 6) is 0. The van der Waals surface area contributed by atoms with Crippen LogP contribution < -0.4 is 0 Å². The lowest BCUT2D eigenvalue weighted by Gasteiger charge is -2.10. The summed E-state index contributed by atoms with van der Waals surface area (Å²) in [4.78, 5) is 0. The van der Waals surface area contributed by atoms with Crippen molar-refractivity contribution in [3.05, 3.63) is 114 Å². The van der Waals surface area contributed by atoms with Gasteiger partial charge in [0.15, 0.2) is 5.58 Å². The van der Waals surface area contributed by atoms with Crippen LogP contribution in [0.2, 0.25) is 0 Å². The molecule has 2 nitrogen and oxygen atoms in total. The molecule has 2 heterocycles. The van der Waals surface area contributed by atoms with E-state index in [0.717, 1.165) is 32.1 Å². The number of furan rings is 1. The van der Waals surface area contributed by atoms with Gasteiger partial charge in [0.25, 0.3) is 0 Å². The number of hydrogen-bond donors (Lipinski definition) is 0. The molecule has 7 rings (SSSR count). The van der Waals surface area contributed by atoms with E-state index in [4.69, 9.17) is 4.42 Å². The van der Waals surface area contributed by atoms with Gasteiger partial charge in [-0.05, 0) is 47.5 Å². The Morgan fingerprint density at radius 2 is 1.27 bits per heavy atom. The highest BCUT2D eigenvalue weighted by molar-refractivity contribution is 9.10. The molecule has 0 fully saturated rings. The van der Waals surface area contributed by atoms with E-state index in [2.05, 4.69) is 118 Å². The number of fused-ring (bicyclic) bond motifs is 6. The summed E-state index contributed by atoms with van der Waals surface area (Å²) in [6, 6.07) is 38.5. The minimum absolute atomic E-state index is 0.911. The molecule has 0 saturated heterocycles. The number of nitrogens with zero attached hydrogens (tertiary/aromatic N) is 1. The third-order valence-corrected chi connectivity index (χ3v) is 6.95. The molecule has 0 aliphatic heterocycles. The second-order valence-electron chi connectivity index (χ2n) is 8.35. The lowest BCUT2D eigenvalue weighted by molar-refractivity contribution is 0.666. The SMILES string of the molecule is Brc1cccc(-c2ccc3c4ccccc4n(-c4cccc5c4oc4ccccc45)c3c2)c1. The first kappa shape index (κ1) is 18.7. The molecule has 5 aromatic carbocycles. The standard InChI is InChI=1S/C30H18BrNO/c31-21-8-5-7-19(17-21)20-15-16-23-22-9-1-3-12-26(22)32(28(23)18-20)27-13-6-11-25-24-10-2-4-14-29(24)33-30(25)27/h1-18H. The van der Waals surface area contributed by atoms with Crippen molar-refractivity contribution < 1.29 is 4.42 Å². The van der Waals surface area contributed by atoms with E-state index >= 15 is 0 Å². The normalized spacial score (nSPS) is 11.8. The zero-order valence-electron chi connectivity index (χ0n) is 17.6. The molecule has 0 bridgehead atoms. The van der Waals surface area contributed by atoms with Gasteiger partial charge < -0.3 is 8.98 Å². The second kappa shape index (κ2) is 7.09. The maximum absolute atomic E-state index is 6.41. The quantitative estimate of drug-likeness (QED) is 0.237. The van der Waals surface area contributed by atoms with Gasteiger partial charge in [0.05, 0.1) is 16.7 Å². The first-order chi connectivity index (χ1) is 16.3. The van der Waals surface area contributed by atoms with Crippen molar-refractivity contribution in [1.29, 1.82) is 0 Å². The van der Waals surface area contributed by atoms with Gasteiger partial charge in [-0.1, -0.05) is 88.7 Å². The summed E-state index contributed by atoms with van der Waals surface area (Å²) in [6.45, 7) is 0. The first-order valence-corrected chi connectivity index (χ1v) is 11.8. The third-order valence-electron chi connectivity index (χ3n) is 6.46. The smallest absolute Gasteiger partial charge is 0.159 e. The number of halogens is 1. The lowest BCUT2D eigenvalue weighted by atomic mass is 10.0. The van der Waals surface area contributed by atoms with Crippen LogP contribution in [0.3, 0.4) is 0 Å². The Kier molecular flexibility index (Phi) is 4.02. The summed E-state index contributed by atoms with van der Waals surface area (Å²) in [6.07, 6.45) is 0. The molecule has 0 amide bonds. The fourth-order valence-corrected chi connectivity index (χ4v) is 5.39. The molecule has 0 unspecified atom stereocenters. The van der Waals surface area contributed by atoms with Crippen LogP contribution in [0.1, 0.15) is 0 Å². The van der Waals surface area contributed by atoms with E-state index in [1.807, 2.05) is 12.1 Å². The minimum atomic E-state index is 0.911. The fraction of sp³-hybridized carbons (Fsp3) is 0. The molecule has 156 valence electrons. The number of aromatic nitrogens is 1. The predicted octanol–water partition coefficient (Wildman–Crippen LogP) is 9.11. The van der Waals surface area contributed by atoms with Crippen molar-refractivity contribution in [2.45, 2.75) is 0 Å². The number of rotatable bonds is 2. The monoisotopic (exact) mass is 487 g/mol. The maximum atomic E-state index is 6.41. The van der Waals surface area contributed by atoms with Crippen LogP contribution >= 0.6 is 15.9 Å². The van der Waals surface area contributed by atoms with Crippen LogP contribution in [0.4, 0.5) is 0 Å². The Morgan fingerprint density at radius 1 is 0.545 bits per heavy atom. The van der Waals surface area contributed by atoms with Crippen molar-refractivity contribution in [2.24, 2.45) is 0 Å². The number of hydrogen-bond acceptors (Lipinski definition) is 1. The zero-order valence-corrected chi connectivity index (χ0v) is 19.2. The molecule has 0 saturated carbocycles. The van der Waals surface area contributed by atoms with Gasteiger partial charge in [-0.25, -0.2) is 0 Å². The molecule has 0 aliphatic carbocycles. The van der Waals surface area contributed by atoms with Crippen LogP contribution in [0.15, 0.2) is 118 Å². The molecule has 7 aromatic rings. The molecule has 0 spiro atoms. The van der Waals surface area contributed by atoms with Crippen LogP contribution in [0.25, 0.3) is 60.6 Å². The van der Waals surface area contributed by atoms with Crippen molar-refractivity contribution >= 4 is 59.7 Å². The van der Waals surface area contributed by atoms with E-state index in [0.29, 0.717) is 0 Å². The molecule has 33 heavy (non-hydrogen) atoms. The van der Waals surface area contributed by atoms with Crippen LogP contribution in [-0.4, -0.2) is 4.57 Å². The van der Waals surface area contributed by atoms with E-state index in [9.17, 15) is 0 Å². The Labute approximate surface area is 198 Å². The van der Waals surface area contributed by atoms with Gasteiger partial charge in [-0.2, -0.15) is 0 Å². The first-order valence-electron chi connectivity index (χ1n) is 11.0. The van der Waals surface area contributed by atoms with Crippen LogP contribution in [0.5, 0.6) is 0 Å². The van der Waals surface area contributed by atoms with E-state index < -0.39 is 0 Å². The average molecular weight is 488 g/mol. The van der Waals surface area contributed by atoms with Gasteiger partial charge in [0, 0.05) is 26.0 Å². The van der Waals surface area contributed by atoms with Crippen molar-refractivity contribution in [1.82, 2.24) is 4.57 Å². The van der Waals surface area contributed by atoms with Crippen molar-refractivity contribution in [3.63, 3.8) is 0 Å². The molecule has 3 heteroatoms. The molecule has 0 aliphatic rings. The predicted molar refractivity (Wildman–Crippen MR) is 141 cm³/mol. The van der Waals surface area contributed by atoms with Gasteiger partial charge in [-0.15, -0.1) is 0 Å². The van der Waals surface area contributed by atoms with Crippen LogP contribution in [-0.2, 0) is 0 Å². The third kappa shape index (κ3) is 2.79. The topological polar surface area (TPSA) is 18.1 Å². The van der Waals surface area contributed by atoms with Gasteiger partial charge >= 0.3 is 0 Å². The Bertz CT molecular complexity index is 1840. The highest BCUT2D eigenvalue weighted by atomic mass is 79.9. The van der Waals surface area contributed by atoms with E-state index in [-0.39, 0.29) is 0 Å². The lowest BCUT2D eigenvalue weighted by Crippen LogP contribution is -1.94. The molecular formula is C30H18BrNO. The Balaban J connectivity index is 1.61. The average Bonchev–Trinajstić information content (AvgIpc) is 3.39. The summed E-state index contributed by atoms with van der Waals surface area (Å²) >= 11 is 3.61. The van der Waals surface area contributed by atoms with Gasteiger partial charge in [0.1, 0.15) is 5.58 Å². The molecule has 0 radical (unpaired) electrons. The summed E-state index contributed by atoms with van der Waals surface area (Å²) in [5.41, 5.74) is 7.59. The van der Waals surface area contributed by atoms with Gasteiger partial charge in [0.2, 0.25) is 0 Å². The number of benzene rings is 5. The highest BCUT2D eigenvalue weighted by Crippen LogP contribution is 2.39. The Morgan fingerprint density at radius 3 is 2.18 bits per heavy atom. The summed E-state index contributed by atoms with van der Waals surface area (Å²) in [5, 5.41) is 4.75.